The second-order valence-electron chi connectivity index (χ2n) is 3.53. The van der Waals surface area contributed by atoms with Crippen molar-refractivity contribution in [3.05, 3.63) is 23.4 Å². The Morgan fingerprint density at radius 3 is 2.42 bits per heavy atom. The average Bonchev–Trinajstić information content (AvgIpc) is 1.91. The van der Waals surface area contributed by atoms with Gasteiger partial charge in [-0.15, -0.1) is 0 Å². The number of halogens is 1. The number of nitrogens with zero attached hydrogens (tertiary/aromatic N) is 1. The Kier molecular flexibility index (Phi) is 2.58. The fourth-order valence-corrected chi connectivity index (χ4v) is 0.848. The van der Waals surface area contributed by atoms with Crippen LogP contribution in [0.5, 0.6) is 5.88 Å². The Balaban J connectivity index is 2.71. The monoisotopic (exact) mass is 185 g/mol. The van der Waals surface area contributed by atoms with E-state index in [9.17, 15) is 0 Å². The SMILES string of the molecule is CC(C)(C)Oc1ccc(Cl)cn1. The molecule has 0 aliphatic carbocycles. The molecule has 0 amide bonds. The van der Waals surface area contributed by atoms with Gasteiger partial charge in [-0.05, 0) is 26.8 Å². The summed E-state index contributed by atoms with van der Waals surface area (Å²) in [6, 6.07) is 3.52. The van der Waals surface area contributed by atoms with E-state index in [2.05, 4.69) is 4.98 Å². The summed E-state index contributed by atoms with van der Waals surface area (Å²) in [6.45, 7) is 5.93. The third kappa shape index (κ3) is 3.09. The van der Waals surface area contributed by atoms with Gasteiger partial charge in [-0.25, -0.2) is 4.98 Å². The van der Waals surface area contributed by atoms with Crippen LogP contribution in [0.4, 0.5) is 0 Å². The van der Waals surface area contributed by atoms with Gasteiger partial charge in [0.05, 0.1) is 5.02 Å². The molecule has 3 heteroatoms. The molecule has 0 radical (unpaired) electrons. The molecule has 1 aromatic rings. The summed E-state index contributed by atoms with van der Waals surface area (Å²) in [5.74, 6) is 0.604. The van der Waals surface area contributed by atoms with Crippen LogP contribution in [0.3, 0.4) is 0 Å². The van der Waals surface area contributed by atoms with Gasteiger partial charge in [-0.3, -0.25) is 0 Å². The largest absolute Gasteiger partial charge is 0.472 e. The van der Waals surface area contributed by atoms with Crippen LogP contribution in [0.2, 0.25) is 5.02 Å². The normalized spacial score (nSPS) is 11.3. The predicted octanol–water partition coefficient (Wildman–Crippen LogP) is 2.91. The van der Waals surface area contributed by atoms with Crippen molar-refractivity contribution in [3.63, 3.8) is 0 Å². The molecule has 0 N–H and O–H groups in total. The Morgan fingerprint density at radius 2 is 2.00 bits per heavy atom. The first kappa shape index (κ1) is 9.33. The first-order chi connectivity index (χ1) is 5.47. The molecule has 66 valence electrons. The Bertz CT molecular complexity index is 250. The van der Waals surface area contributed by atoms with Crippen LogP contribution in [0.15, 0.2) is 18.3 Å². The lowest BCUT2D eigenvalue weighted by Gasteiger charge is -2.19. The smallest absolute Gasteiger partial charge is 0.213 e. The molecule has 0 atom stereocenters. The number of pyridine rings is 1. The highest BCUT2D eigenvalue weighted by molar-refractivity contribution is 6.30. The summed E-state index contributed by atoms with van der Waals surface area (Å²) in [7, 11) is 0. The fourth-order valence-electron chi connectivity index (χ4n) is 0.736. The highest BCUT2D eigenvalue weighted by Gasteiger charge is 2.11. The van der Waals surface area contributed by atoms with Crippen molar-refractivity contribution in [2.45, 2.75) is 26.4 Å². The first-order valence-electron chi connectivity index (χ1n) is 3.78. The maximum absolute atomic E-state index is 5.66. The maximum Gasteiger partial charge on any atom is 0.213 e. The summed E-state index contributed by atoms with van der Waals surface area (Å²) in [5.41, 5.74) is -0.208. The van der Waals surface area contributed by atoms with Crippen molar-refractivity contribution in [1.29, 1.82) is 0 Å². The molecule has 0 saturated heterocycles. The van der Waals surface area contributed by atoms with E-state index in [1.165, 1.54) is 0 Å². The molecule has 0 spiro atoms. The van der Waals surface area contributed by atoms with Gasteiger partial charge in [-0.2, -0.15) is 0 Å². The molecule has 0 fully saturated rings. The van der Waals surface area contributed by atoms with Gasteiger partial charge in [0.15, 0.2) is 0 Å². The number of hydrogen-bond acceptors (Lipinski definition) is 2. The van der Waals surface area contributed by atoms with Crippen LogP contribution in [0, 0.1) is 0 Å². The van der Waals surface area contributed by atoms with Crippen molar-refractivity contribution in [3.8, 4) is 5.88 Å². The number of rotatable bonds is 1. The highest BCUT2D eigenvalue weighted by atomic mass is 35.5. The zero-order valence-corrected chi connectivity index (χ0v) is 8.22. The van der Waals surface area contributed by atoms with Crippen LogP contribution >= 0.6 is 11.6 Å². The van der Waals surface area contributed by atoms with Crippen molar-refractivity contribution in [2.75, 3.05) is 0 Å². The van der Waals surface area contributed by atoms with E-state index in [1.54, 1.807) is 18.3 Å². The molecule has 0 saturated carbocycles. The van der Waals surface area contributed by atoms with E-state index in [0.29, 0.717) is 10.9 Å². The van der Waals surface area contributed by atoms with Crippen LogP contribution < -0.4 is 4.74 Å². The van der Waals surface area contributed by atoms with E-state index >= 15 is 0 Å². The van der Waals surface area contributed by atoms with Gasteiger partial charge < -0.3 is 4.74 Å². The van der Waals surface area contributed by atoms with Gasteiger partial charge in [0.2, 0.25) is 5.88 Å². The molecule has 0 aliphatic heterocycles. The number of hydrogen-bond donors (Lipinski definition) is 0. The van der Waals surface area contributed by atoms with Crippen LogP contribution in [-0.4, -0.2) is 10.6 Å². The molecule has 0 bridgehead atoms. The van der Waals surface area contributed by atoms with E-state index in [0.717, 1.165) is 0 Å². The van der Waals surface area contributed by atoms with Gasteiger partial charge in [0.1, 0.15) is 5.60 Å². The Hall–Kier alpha value is -0.760. The maximum atomic E-state index is 5.66. The van der Waals surface area contributed by atoms with Crippen molar-refractivity contribution in [2.24, 2.45) is 0 Å². The number of aromatic nitrogens is 1. The van der Waals surface area contributed by atoms with Crippen molar-refractivity contribution in [1.82, 2.24) is 4.98 Å². The molecular weight excluding hydrogens is 174 g/mol. The zero-order chi connectivity index (χ0) is 9.19. The lowest BCUT2D eigenvalue weighted by Crippen LogP contribution is -2.23. The summed E-state index contributed by atoms with van der Waals surface area (Å²) in [4.78, 5) is 4.01. The van der Waals surface area contributed by atoms with Gasteiger partial charge in [-0.1, -0.05) is 11.6 Å². The van der Waals surface area contributed by atoms with Crippen LogP contribution in [0.1, 0.15) is 20.8 Å². The zero-order valence-electron chi connectivity index (χ0n) is 7.47. The quantitative estimate of drug-likeness (QED) is 0.671. The van der Waals surface area contributed by atoms with Crippen LogP contribution in [0.25, 0.3) is 0 Å². The van der Waals surface area contributed by atoms with E-state index in [1.807, 2.05) is 20.8 Å². The van der Waals surface area contributed by atoms with Crippen molar-refractivity contribution >= 4 is 11.6 Å². The molecule has 1 heterocycles. The summed E-state index contributed by atoms with van der Waals surface area (Å²) >= 11 is 5.66. The van der Waals surface area contributed by atoms with Gasteiger partial charge in [0, 0.05) is 12.3 Å². The van der Waals surface area contributed by atoms with Gasteiger partial charge in [0.25, 0.3) is 0 Å². The molecule has 12 heavy (non-hydrogen) atoms. The first-order valence-corrected chi connectivity index (χ1v) is 4.16. The summed E-state index contributed by atoms with van der Waals surface area (Å²) in [6.07, 6.45) is 1.57. The van der Waals surface area contributed by atoms with Crippen molar-refractivity contribution < 1.29 is 4.74 Å². The third-order valence-corrected chi connectivity index (χ3v) is 1.33. The minimum absolute atomic E-state index is 0.208. The average molecular weight is 186 g/mol. The van der Waals surface area contributed by atoms with Gasteiger partial charge >= 0.3 is 0 Å². The third-order valence-electron chi connectivity index (χ3n) is 1.11. The lowest BCUT2D eigenvalue weighted by molar-refractivity contribution is 0.124. The summed E-state index contributed by atoms with van der Waals surface area (Å²) in [5, 5.41) is 0.622. The standard InChI is InChI=1S/C9H12ClNO/c1-9(2,3)12-8-5-4-7(10)6-11-8/h4-6H,1-3H3. The van der Waals surface area contributed by atoms with E-state index in [-0.39, 0.29) is 5.60 Å². The Labute approximate surface area is 77.5 Å². The minimum atomic E-state index is -0.208. The number of ether oxygens (including phenoxy) is 1. The Morgan fingerprint density at radius 1 is 1.33 bits per heavy atom. The topological polar surface area (TPSA) is 22.1 Å². The fraction of sp³-hybridized carbons (Fsp3) is 0.444. The summed E-state index contributed by atoms with van der Waals surface area (Å²) < 4.78 is 5.49. The lowest BCUT2D eigenvalue weighted by atomic mass is 10.2. The van der Waals surface area contributed by atoms with E-state index in [4.69, 9.17) is 16.3 Å². The second kappa shape index (κ2) is 3.31. The highest BCUT2D eigenvalue weighted by Crippen LogP contribution is 2.16. The molecular formula is C9H12ClNO. The van der Waals surface area contributed by atoms with Crippen LogP contribution in [-0.2, 0) is 0 Å². The molecule has 1 rings (SSSR count). The van der Waals surface area contributed by atoms with E-state index < -0.39 is 0 Å². The second-order valence-corrected chi connectivity index (χ2v) is 3.97. The molecule has 0 unspecified atom stereocenters. The molecule has 0 aliphatic rings. The minimum Gasteiger partial charge on any atom is -0.472 e. The molecule has 0 aromatic carbocycles. The molecule has 2 nitrogen and oxygen atoms in total. The predicted molar refractivity (Wildman–Crippen MR) is 49.6 cm³/mol. The molecule has 1 aromatic heterocycles.